The molecule has 0 aliphatic heterocycles. The number of hydrogen-bond acceptors (Lipinski definition) is 2. The van der Waals surface area contributed by atoms with Crippen molar-refractivity contribution in [1.29, 1.82) is 0 Å². The first kappa shape index (κ1) is 15.1. The van der Waals surface area contributed by atoms with Crippen LogP contribution in [0.3, 0.4) is 0 Å². The van der Waals surface area contributed by atoms with E-state index in [-0.39, 0.29) is 21.5 Å². The summed E-state index contributed by atoms with van der Waals surface area (Å²) >= 11 is 11.7. The lowest BCUT2D eigenvalue weighted by atomic mass is 10.2. The second-order valence-electron chi connectivity index (χ2n) is 2.55. The fourth-order valence-corrected chi connectivity index (χ4v) is 1.65. The highest BCUT2D eigenvalue weighted by Gasteiger charge is 2.14. The van der Waals surface area contributed by atoms with Gasteiger partial charge in [-0.25, -0.2) is 0 Å². The molecule has 0 atom stereocenters. The van der Waals surface area contributed by atoms with E-state index in [1.165, 1.54) is 26.3 Å². The molecular weight excluding hydrogens is 249 g/mol. The van der Waals surface area contributed by atoms with Crippen LogP contribution < -0.4 is 10.1 Å². The molecule has 0 saturated heterocycles. The molecule has 0 saturated carbocycles. The minimum Gasteiger partial charge on any atom is -0.497 e. The molecule has 3 nitrogen and oxygen atoms in total. The van der Waals surface area contributed by atoms with Crippen LogP contribution in [-0.4, -0.2) is 20.1 Å². The number of rotatable bonds is 2. The number of benzene rings is 1. The SMILES string of the molecule is CC.CNC(=O)c1c(Cl)cc(OC)cc1Cl. The minimum atomic E-state index is -0.317. The van der Waals surface area contributed by atoms with Gasteiger partial charge >= 0.3 is 0 Å². The van der Waals surface area contributed by atoms with E-state index in [0.29, 0.717) is 5.75 Å². The van der Waals surface area contributed by atoms with Crippen LogP contribution in [0.4, 0.5) is 0 Å². The lowest BCUT2D eigenvalue weighted by Gasteiger charge is -2.07. The zero-order chi connectivity index (χ0) is 12.7. The van der Waals surface area contributed by atoms with E-state index >= 15 is 0 Å². The third-order valence-electron chi connectivity index (χ3n) is 1.71. The average molecular weight is 264 g/mol. The zero-order valence-electron chi connectivity index (χ0n) is 9.73. The highest BCUT2D eigenvalue weighted by atomic mass is 35.5. The Hall–Kier alpha value is -0.930. The van der Waals surface area contributed by atoms with Gasteiger partial charge in [-0.05, 0) is 12.1 Å². The largest absolute Gasteiger partial charge is 0.497 e. The lowest BCUT2D eigenvalue weighted by molar-refractivity contribution is 0.0963. The molecule has 0 aliphatic rings. The number of carbonyl (C=O) groups excluding carboxylic acids is 1. The van der Waals surface area contributed by atoms with Crippen LogP contribution in [0.5, 0.6) is 5.75 Å². The quantitative estimate of drug-likeness (QED) is 0.889. The van der Waals surface area contributed by atoms with Gasteiger partial charge in [-0.2, -0.15) is 0 Å². The topological polar surface area (TPSA) is 38.3 Å². The number of hydrogen-bond donors (Lipinski definition) is 1. The van der Waals surface area contributed by atoms with Crippen molar-refractivity contribution in [2.24, 2.45) is 0 Å². The van der Waals surface area contributed by atoms with Crippen molar-refractivity contribution >= 4 is 29.1 Å². The summed E-state index contributed by atoms with van der Waals surface area (Å²) in [5.74, 6) is 0.204. The van der Waals surface area contributed by atoms with Crippen molar-refractivity contribution < 1.29 is 9.53 Å². The Balaban J connectivity index is 0.00000106. The summed E-state index contributed by atoms with van der Waals surface area (Å²) in [6, 6.07) is 3.08. The molecule has 0 spiro atoms. The summed E-state index contributed by atoms with van der Waals surface area (Å²) in [6.45, 7) is 4.00. The number of ether oxygens (including phenoxy) is 1. The normalized spacial score (nSPS) is 8.88. The summed E-state index contributed by atoms with van der Waals surface area (Å²) in [7, 11) is 3.01. The number of nitrogens with one attached hydrogen (secondary N) is 1. The van der Waals surface area contributed by atoms with Gasteiger partial charge in [-0.1, -0.05) is 37.0 Å². The monoisotopic (exact) mass is 263 g/mol. The van der Waals surface area contributed by atoms with E-state index < -0.39 is 0 Å². The van der Waals surface area contributed by atoms with E-state index in [0.717, 1.165) is 0 Å². The summed E-state index contributed by atoms with van der Waals surface area (Å²) in [5.41, 5.74) is 0.261. The average Bonchev–Trinajstić information content (AvgIpc) is 2.30. The van der Waals surface area contributed by atoms with Gasteiger partial charge in [0.25, 0.3) is 5.91 Å². The number of amides is 1. The molecule has 1 aromatic rings. The molecule has 0 radical (unpaired) electrons. The fourth-order valence-electron chi connectivity index (χ4n) is 1.01. The molecule has 5 heteroatoms. The molecule has 0 unspecified atom stereocenters. The van der Waals surface area contributed by atoms with Crippen LogP contribution in [0, 0.1) is 0 Å². The van der Waals surface area contributed by atoms with Crippen LogP contribution in [0.2, 0.25) is 10.0 Å². The molecule has 0 bridgehead atoms. The molecule has 0 aliphatic carbocycles. The van der Waals surface area contributed by atoms with E-state index in [1.807, 2.05) is 13.8 Å². The highest BCUT2D eigenvalue weighted by Crippen LogP contribution is 2.29. The Labute approximate surface area is 106 Å². The highest BCUT2D eigenvalue weighted by molar-refractivity contribution is 6.39. The molecule has 0 aromatic heterocycles. The Kier molecular flexibility index (Phi) is 6.93. The molecule has 1 amide bonds. The number of halogens is 2. The Morgan fingerprint density at radius 3 is 2.00 bits per heavy atom. The predicted molar refractivity (Wildman–Crippen MR) is 67.8 cm³/mol. The summed E-state index contributed by atoms with van der Waals surface area (Å²) in [4.78, 5) is 11.3. The van der Waals surface area contributed by atoms with Gasteiger partial charge in [0, 0.05) is 7.05 Å². The molecule has 0 fully saturated rings. The lowest BCUT2D eigenvalue weighted by Crippen LogP contribution is -2.18. The van der Waals surface area contributed by atoms with Crippen LogP contribution in [0.1, 0.15) is 24.2 Å². The maximum Gasteiger partial charge on any atom is 0.254 e. The number of methoxy groups -OCH3 is 1. The van der Waals surface area contributed by atoms with Gasteiger partial charge in [-0.15, -0.1) is 0 Å². The molecule has 16 heavy (non-hydrogen) atoms. The van der Waals surface area contributed by atoms with Gasteiger partial charge in [-0.3, -0.25) is 4.79 Å². The maximum absolute atomic E-state index is 11.3. The number of carbonyl (C=O) groups is 1. The van der Waals surface area contributed by atoms with Crippen LogP contribution in [-0.2, 0) is 0 Å². The summed E-state index contributed by atoms with van der Waals surface area (Å²) < 4.78 is 4.94. The first-order valence-electron chi connectivity index (χ1n) is 4.85. The first-order valence-corrected chi connectivity index (χ1v) is 5.61. The summed E-state index contributed by atoms with van der Waals surface area (Å²) in [6.07, 6.45) is 0. The Bertz CT molecular complexity index is 344. The van der Waals surface area contributed by atoms with Crippen molar-refractivity contribution in [2.45, 2.75) is 13.8 Å². The van der Waals surface area contributed by atoms with Crippen LogP contribution >= 0.6 is 23.2 Å². The van der Waals surface area contributed by atoms with E-state index in [2.05, 4.69) is 5.32 Å². The van der Waals surface area contributed by atoms with Gasteiger partial charge in [0.2, 0.25) is 0 Å². The van der Waals surface area contributed by atoms with Gasteiger partial charge in [0.1, 0.15) is 5.75 Å². The third-order valence-corrected chi connectivity index (χ3v) is 2.30. The van der Waals surface area contributed by atoms with E-state index in [9.17, 15) is 4.79 Å². The minimum absolute atomic E-state index is 0.261. The Morgan fingerprint density at radius 2 is 1.69 bits per heavy atom. The molecule has 1 aromatic carbocycles. The van der Waals surface area contributed by atoms with Crippen molar-refractivity contribution in [3.05, 3.63) is 27.7 Å². The third kappa shape index (κ3) is 3.58. The van der Waals surface area contributed by atoms with E-state index in [1.54, 1.807) is 0 Å². The van der Waals surface area contributed by atoms with E-state index in [4.69, 9.17) is 27.9 Å². The maximum atomic E-state index is 11.3. The van der Waals surface area contributed by atoms with Gasteiger partial charge < -0.3 is 10.1 Å². The predicted octanol–water partition coefficient (Wildman–Crippen LogP) is 3.39. The van der Waals surface area contributed by atoms with Crippen molar-refractivity contribution in [1.82, 2.24) is 5.32 Å². The first-order chi connectivity index (χ1) is 7.60. The van der Waals surface area contributed by atoms with Crippen molar-refractivity contribution in [3.8, 4) is 5.75 Å². The standard InChI is InChI=1S/C9H9Cl2NO2.C2H6/c1-12-9(13)8-6(10)3-5(14-2)4-7(8)11;1-2/h3-4H,1-2H3,(H,12,13);1-2H3. The smallest absolute Gasteiger partial charge is 0.254 e. The van der Waals surface area contributed by atoms with Crippen molar-refractivity contribution in [2.75, 3.05) is 14.2 Å². The van der Waals surface area contributed by atoms with Gasteiger partial charge in [0.15, 0.2) is 0 Å². The second-order valence-corrected chi connectivity index (χ2v) is 3.36. The summed E-state index contributed by atoms with van der Waals surface area (Å²) in [5, 5.41) is 3.00. The molecule has 1 N–H and O–H groups in total. The van der Waals surface area contributed by atoms with Gasteiger partial charge in [0.05, 0.1) is 22.7 Å². The molecule has 90 valence electrons. The Morgan fingerprint density at radius 1 is 1.25 bits per heavy atom. The molecular formula is C11H15Cl2NO2. The van der Waals surface area contributed by atoms with Crippen molar-refractivity contribution in [3.63, 3.8) is 0 Å². The molecule has 0 heterocycles. The van der Waals surface area contributed by atoms with Crippen LogP contribution in [0.25, 0.3) is 0 Å². The fraction of sp³-hybridized carbons (Fsp3) is 0.364. The zero-order valence-corrected chi connectivity index (χ0v) is 11.2. The molecule has 1 rings (SSSR count). The second kappa shape index (κ2) is 7.36. The van der Waals surface area contributed by atoms with Crippen LogP contribution in [0.15, 0.2) is 12.1 Å².